The number of likely N-dealkylation sites (tertiary alicyclic amines) is 1. The number of hydrogen-bond acceptors (Lipinski definition) is 5. The van der Waals surface area contributed by atoms with Crippen molar-refractivity contribution in [2.24, 2.45) is 5.92 Å². The van der Waals surface area contributed by atoms with Gasteiger partial charge < -0.3 is 9.64 Å². The van der Waals surface area contributed by atoms with E-state index in [9.17, 15) is 9.59 Å². The van der Waals surface area contributed by atoms with E-state index >= 15 is 0 Å². The number of hydrogen-bond donors (Lipinski definition) is 0. The van der Waals surface area contributed by atoms with E-state index in [1.54, 1.807) is 13.8 Å². The number of amides is 1. The Balaban J connectivity index is 2.03. The number of esters is 1. The van der Waals surface area contributed by atoms with Gasteiger partial charge in [0.25, 0.3) is 0 Å². The van der Waals surface area contributed by atoms with E-state index in [0.717, 1.165) is 19.5 Å². The molecule has 2 heterocycles. The van der Waals surface area contributed by atoms with Crippen LogP contribution in [0.2, 0.25) is 0 Å². The largest absolute Gasteiger partial charge is 0.461 e. The molecule has 1 amide bonds. The van der Waals surface area contributed by atoms with Crippen molar-refractivity contribution in [3.8, 4) is 0 Å². The molecule has 116 valence electrons. The molecule has 0 N–H and O–H groups in total. The minimum absolute atomic E-state index is 0.0185. The number of piperidine rings is 1. The van der Waals surface area contributed by atoms with Crippen molar-refractivity contribution >= 4 is 11.9 Å². The number of carbonyl (C=O) groups is 2. The third-order valence-electron chi connectivity index (χ3n) is 3.75. The zero-order valence-electron chi connectivity index (χ0n) is 12.8. The van der Waals surface area contributed by atoms with Gasteiger partial charge in [0.15, 0.2) is 5.69 Å². The quantitative estimate of drug-likeness (QED) is 0.775. The van der Waals surface area contributed by atoms with E-state index in [4.69, 9.17) is 4.74 Å². The van der Waals surface area contributed by atoms with E-state index in [0.29, 0.717) is 11.6 Å². The minimum Gasteiger partial charge on any atom is -0.461 e. The van der Waals surface area contributed by atoms with Crippen molar-refractivity contribution < 1.29 is 14.3 Å². The predicted molar refractivity (Wildman–Crippen MR) is 75.7 cm³/mol. The molecule has 0 aliphatic carbocycles. The highest BCUT2D eigenvalue weighted by molar-refractivity contribution is 5.88. The molecule has 1 unspecified atom stereocenters. The number of ether oxygens (including phenoxy) is 1. The second-order valence-corrected chi connectivity index (χ2v) is 5.49. The average molecular weight is 294 g/mol. The van der Waals surface area contributed by atoms with Crippen LogP contribution >= 0.6 is 0 Å². The summed E-state index contributed by atoms with van der Waals surface area (Å²) in [6, 6.07) is 0. The van der Waals surface area contributed by atoms with Gasteiger partial charge in [0.2, 0.25) is 5.91 Å². The summed E-state index contributed by atoms with van der Waals surface area (Å²) in [7, 11) is 0. The zero-order valence-corrected chi connectivity index (χ0v) is 12.8. The van der Waals surface area contributed by atoms with Crippen LogP contribution in [0.3, 0.4) is 0 Å². The summed E-state index contributed by atoms with van der Waals surface area (Å²) in [4.78, 5) is 25.8. The third-order valence-corrected chi connectivity index (χ3v) is 3.75. The van der Waals surface area contributed by atoms with Crippen molar-refractivity contribution in [1.82, 2.24) is 19.9 Å². The first-order chi connectivity index (χ1) is 10.0. The van der Waals surface area contributed by atoms with E-state index in [1.165, 1.54) is 11.1 Å². The van der Waals surface area contributed by atoms with Crippen molar-refractivity contribution in [3.05, 3.63) is 11.4 Å². The molecule has 7 heteroatoms. The summed E-state index contributed by atoms with van der Waals surface area (Å²) >= 11 is 0. The highest BCUT2D eigenvalue weighted by Crippen LogP contribution is 2.16. The van der Waals surface area contributed by atoms with Crippen LogP contribution in [-0.2, 0) is 16.1 Å². The Morgan fingerprint density at radius 1 is 1.43 bits per heavy atom. The average Bonchev–Trinajstić information content (AvgIpc) is 2.80. The number of aromatic nitrogens is 3. The molecule has 0 bridgehead atoms. The fourth-order valence-electron chi connectivity index (χ4n) is 2.54. The summed E-state index contributed by atoms with van der Waals surface area (Å²) in [6.07, 6.45) is 2.20. The van der Waals surface area contributed by atoms with E-state index in [1.807, 2.05) is 4.90 Å². The molecule has 1 aliphatic rings. The standard InChI is InChI=1S/C14H22N4O3/c1-4-21-14(20)13-11(3)18(16-15-13)9-12(19)17-7-5-6-10(2)8-17/h10H,4-9H2,1-3H3. The fourth-order valence-corrected chi connectivity index (χ4v) is 2.54. The van der Waals surface area contributed by atoms with E-state index in [2.05, 4.69) is 17.2 Å². The van der Waals surface area contributed by atoms with Gasteiger partial charge in [0.1, 0.15) is 6.54 Å². The molecule has 0 saturated carbocycles. The molecule has 0 spiro atoms. The maximum absolute atomic E-state index is 12.3. The summed E-state index contributed by atoms with van der Waals surface area (Å²) in [5.41, 5.74) is 0.739. The number of nitrogens with zero attached hydrogens (tertiary/aromatic N) is 4. The molecule has 0 radical (unpaired) electrons. The first-order valence-corrected chi connectivity index (χ1v) is 7.38. The van der Waals surface area contributed by atoms with Gasteiger partial charge in [-0.25, -0.2) is 9.48 Å². The Kier molecular flexibility index (Phi) is 4.93. The first-order valence-electron chi connectivity index (χ1n) is 7.38. The highest BCUT2D eigenvalue weighted by Gasteiger charge is 2.23. The predicted octanol–water partition coefficient (Wildman–Crippen LogP) is 1.02. The lowest BCUT2D eigenvalue weighted by Crippen LogP contribution is -2.41. The van der Waals surface area contributed by atoms with Gasteiger partial charge in [-0.2, -0.15) is 0 Å². The van der Waals surface area contributed by atoms with Crippen molar-refractivity contribution in [2.45, 2.75) is 40.2 Å². The maximum Gasteiger partial charge on any atom is 0.360 e. The van der Waals surface area contributed by atoms with E-state index in [-0.39, 0.29) is 24.8 Å². The van der Waals surface area contributed by atoms with Crippen LogP contribution in [0.5, 0.6) is 0 Å². The number of carbonyl (C=O) groups excluding carboxylic acids is 2. The lowest BCUT2D eigenvalue weighted by molar-refractivity contribution is -0.133. The van der Waals surface area contributed by atoms with Crippen LogP contribution in [-0.4, -0.2) is 51.5 Å². The highest BCUT2D eigenvalue weighted by atomic mass is 16.5. The molecular formula is C14H22N4O3. The van der Waals surface area contributed by atoms with Crippen molar-refractivity contribution in [2.75, 3.05) is 19.7 Å². The lowest BCUT2D eigenvalue weighted by atomic mass is 10.0. The minimum atomic E-state index is -0.500. The van der Waals surface area contributed by atoms with E-state index < -0.39 is 5.97 Å². The van der Waals surface area contributed by atoms with Gasteiger partial charge in [-0.3, -0.25) is 4.79 Å². The Bertz CT molecular complexity index is 526. The molecule has 0 aromatic carbocycles. The number of rotatable bonds is 4. The molecule has 1 saturated heterocycles. The van der Waals surface area contributed by atoms with Crippen molar-refractivity contribution in [1.29, 1.82) is 0 Å². The van der Waals surface area contributed by atoms with Crippen LogP contribution in [0.25, 0.3) is 0 Å². The summed E-state index contributed by atoms with van der Waals surface area (Å²) in [6.45, 7) is 7.59. The van der Waals surface area contributed by atoms with Crippen LogP contribution in [0.4, 0.5) is 0 Å². The molecule has 7 nitrogen and oxygen atoms in total. The van der Waals surface area contributed by atoms with Gasteiger partial charge in [-0.05, 0) is 32.6 Å². The second-order valence-electron chi connectivity index (χ2n) is 5.49. The lowest BCUT2D eigenvalue weighted by Gasteiger charge is -2.30. The van der Waals surface area contributed by atoms with Crippen LogP contribution in [0.1, 0.15) is 42.9 Å². The Hall–Kier alpha value is -1.92. The first kappa shape index (κ1) is 15.5. The second kappa shape index (κ2) is 6.69. The molecule has 1 aliphatic heterocycles. The Morgan fingerprint density at radius 3 is 2.86 bits per heavy atom. The van der Waals surface area contributed by atoms with Gasteiger partial charge in [0, 0.05) is 13.1 Å². The summed E-state index contributed by atoms with van der Waals surface area (Å²) < 4.78 is 6.37. The molecule has 1 atom stereocenters. The molecular weight excluding hydrogens is 272 g/mol. The smallest absolute Gasteiger partial charge is 0.360 e. The molecule has 1 fully saturated rings. The normalized spacial score (nSPS) is 18.6. The maximum atomic E-state index is 12.3. The van der Waals surface area contributed by atoms with Crippen LogP contribution in [0, 0.1) is 12.8 Å². The molecule has 21 heavy (non-hydrogen) atoms. The Morgan fingerprint density at radius 2 is 2.19 bits per heavy atom. The molecule has 1 aromatic rings. The zero-order chi connectivity index (χ0) is 15.4. The summed E-state index contributed by atoms with van der Waals surface area (Å²) in [5, 5.41) is 7.71. The monoisotopic (exact) mass is 294 g/mol. The molecule has 1 aromatic heterocycles. The Labute approximate surface area is 124 Å². The molecule has 2 rings (SSSR count). The summed E-state index contributed by atoms with van der Waals surface area (Å²) in [5.74, 6) is 0.0555. The SMILES string of the molecule is CCOC(=O)c1nnn(CC(=O)N2CCCC(C)C2)c1C. The van der Waals surface area contributed by atoms with Crippen LogP contribution < -0.4 is 0 Å². The van der Waals surface area contributed by atoms with Crippen molar-refractivity contribution in [3.63, 3.8) is 0 Å². The fraction of sp³-hybridized carbons (Fsp3) is 0.714. The van der Waals surface area contributed by atoms with Gasteiger partial charge in [-0.1, -0.05) is 12.1 Å². The topological polar surface area (TPSA) is 77.3 Å². The van der Waals surface area contributed by atoms with Gasteiger partial charge in [0.05, 0.1) is 12.3 Å². The van der Waals surface area contributed by atoms with Gasteiger partial charge >= 0.3 is 5.97 Å². The third kappa shape index (κ3) is 3.59. The van der Waals surface area contributed by atoms with Gasteiger partial charge in [-0.15, -0.1) is 5.10 Å². The van der Waals surface area contributed by atoms with Crippen LogP contribution in [0.15, 0.2) is 0 Å².